The number of aromatic nitrogens is 1. The first-order valence-corrected chi connectivity index (χ1v) is 9.56. The molecule has 0 unspecified atom stereocenters. The second-order valence-electron chi connectivity index (χ2n) is 6.83. The molecule has 0 bridgehead atoms. The first-order valence-electron chi connectivity index (χ1n) is 9.56. The minimum atomic E-state index is -0.0332. The Kier molecular flexibility index (Phi) is 7.19. The molecule has 0 aliphatic carbocycles. The van der Waals surface area contributed by atoms with Crippen molar-refractivity contribution in [2.24, 2.45) is 0 Å². The molecule has 3 rings (SSSR count). The number of carbonyl (C=O) groups excluding carboxylic acids is 1. The van der Waals surface area contributed by atoms with Gasteiger partial charge in [0.1, 0.15) is 12.4 Å². The van der Waals surface area contributed by atoms with Gasteiger partial charge < -0.3 is 20.3 Å². The molecule has 1 aliphatic rings. The summed E-state index contributed by atoms with van der Waals surface area (Å²) >= 11 is 0. The van der Waals surface area contributed by atoms with E-state index in [9.17, 15) is 4.79 Å². The normalized spacial score (nSPS) is 14.7. The van der Waals surface area contributed by atoms with Gasteiger partial charge in [0.2, 0.25) is 0 Å². The average Bonchev–Trinajstić information content (AvgIpc) is 2.71. The molecule has 1 aromatic carbocycles. The maximum atomic E-state index is 12.4. The fraction of sp³-hybridized carbons (Fsp3) is 0.429. The summed E-state index contributed by atoms with van der Waals surface area (Å²) in [7, 11) is 0. The number of carbonyl (C=O) groups is 1. The molecule has 0 atom stereocenters. The van der Waals surface area contributed by atoms with Crippen LogP contribution in [-0.4, -0.2) is 55.1 Å². The summed E-state index contributed by atoms with van der Waals surface area (Å²) in [6.07, 6.45) is 2.68. The number of ether oxygens (including phenoxy) is 1. The van der Waals surface area contributed by atoms with Crippen molar-refractivity contribution in [2.45, 2.75) is 20.0 Å². The van der Waals surface area contributed by atoms with Gasteiger partial charge in [-0.3, -0.25) is 9.78 Å². The number of nitrogens with zero attached hydrogens (tertiary/aromatic N) is 2. The number of pyridine rings is 1. The van der Waals surface area contributed by atoms with Crippen LogP contribution < -0.4 is 15.4 Å². The van der Waals surface area contributed by atoms with Crippen molar-refractivity contribution >= 4 is 5.91 Å². The molecule has 0 saturated carbocycles. The lowest BCUT2D eigenvalue weighted by atomic mass is 10.1. The van der Waals surface area contributed by atoms with Gasteiger partial charge in [0.15, 0.2) is 0 Å². The highest BCUT2D eigenvalue weighted by Gasteiger charge is 2.10. The van der Waals surface area contributed by atoms with Crippen LogP contribution in [0.25, 0.3) is 0 Å². The summed E-state index contributed by atoms with van der Waals surface area (Å²) < 4.78 is 5.74. The summed E-state index contributed by atoms with van der Waals surface area (Å²) in [6, 6.07) is 11.4. The Hall–Kier alpha value is -2.44. The van der Waals surface area contributed by atoms with E-state index in [0.717, 1.165) is 56.2 Å². The molecule has 0 radical (unpaired) electrons. The molecule has 2 N–H and O–H groups in total. The summed E-state index contributed by atoms with van der Waals surface area (Å²) in [6.45, 7) is 8.36. The van der Waals surface area contributed by atoms with Gasteiger partial charge in [-0.05, 0) is 49.7 Å². The lowest BCUT2D eigenvalue weighted by molar-refractivity contribution is 0.0951. The number of hydrogen-bond donors (Lipinski definition) is 2. The lowest BCUT2D eigenvalue weighted by Gasteiger charge is -2.27. The van der Waals surface area contributed by atoms with Crippen LogP contribution in [0.3, 0.4) is 0 Å². The zero-order valence-corrected chi connectivity index (χ0v) is 15.9. The van der Waals surface area contributed by atoms with Gasteiger partial charge in [0.25, 0.3) is 5.91 Å². The second kappa shape index (κ2) is 10.0. The molecular formula is C21H28N4O2. The van der Waals surface area contributed by atoms with Crippen LogP contribution in [-0.2, 0) is 6.61 Å². The minimum Gasteiger partial charge on any atom is -0.487 e. The Labute approximate surface area is 160 Å². The molecule has 27 heavy (non-hydrogen) atoms. The van der Waals surface area contributed by atoms with Gasteiger partial charge in [-0.15, -0.1) is 0 Å². The molecule has 1 aromatic heterocycles. The number of aryl methyl sites for hydroxylation is 1. The van der Waals surface area contributed by atoms with Gasteiger partial charge in [-0.25, -0.2) is 0 Å². The topological polar surface area (TPSA) is 66.5 Å². The molecule has 1 saturated heterocycles. The van der Waals surface area contributed by atoms with Gasteiger partial charge >= 0.3 is 0 Å². The van der Waals surface area contributed by atoms with Crippen LogP contribution in [0, 0.1) is 6.92 Å². The number of hydrogen-bond acceptors (Lipinski definition) is 5. The fourth-order valence-electron chi connectivity index (χ4n) is 3.05. The van der Waals surface area contributed by atoms with Crippen molar-refractivity contribution in [3.05, 3.63) is 59.4 Å². The molecule has 6 nitrogen and oxygen atoms in total. The van der Waals surface area contributed by atoms with Gasteiger partial charge in [0, 0.05) is 44.0 Å². The van der Waals surface area contributed by atoms with E-state index < -0.39 is 0 Å². The molecular weight excluding hydrogens is 340 g/mol. The zero-order chi connectivity index (χ0) is 18.9. The van der Waals surface area contributed by atoms with E-state index in [-0.39, 0.29) is 5.91 Å². The quantitative estimate of drug-likeness (QED) is 0.698. The first-order chi connectivity index (χ1) is 13.2. The zero-order valence-electron chi connectivity index (χ0n) is 15.9. The summed E-state index contributed by atoms with van der Waals surface area (Å²) in [4.78, 5) is 19.0. The predicted octanol–water partition coefficient (Wildman–Crippen LogP) is 1.99. The molecule has 1 aliphatic heterocycles. The molecule has 1 fully saturated rings. The first kappa shape index (κ1) is 19.3. The number of nitrogens with one attached hydrogen (secondary N) is 2. The van der Waals surface area contributed by atoms with Crippen LogP contribution in [0.4, 0.5) is 0 Å². The summed E-state index contributed by atoms with van der Waals surface area (Å²) in [5.74, 6) is 0.692. The van der Waals surface area contributed by atoms with Crippen molar-refractivity contribution in [3.8, 4) is 5.75 Å². The Balaban J connectivity index is 1.43. The van der Waals surface area contributed by atoms with E-state index in [2.05, 4.69) is 20.5 Å². The van der Waals surface area contributed by atoms with Crippen LogP contribution in [0.2, 0.25) is 0 Å². The minimum absolute atomic E-state index is 0.0332. The van der Waals surface area contributed by atoms with Gasteiger partial charge in [-0.2, -0.15) is 0 Å². The van der Waals surface area contributed by atoms with Crippen molar-refractivity contribution in [1.29, 1.82) is 0 Å². The van der Waals surface area contributed by atoms with Crippen LogP contribution in [0.1, 0.15) is 28.0 Å². The van der Waals surface area contributed by atoms with E-state index in [1.165, 1.54) is 0 Å². The van der Waals surface area contributed by atoms with Crippen LogP contribution in [0.15, 0.2) is 42.6 Å². The monoisotopic (exact) mass is 368 g/mol. The maximum absolute atomic E-state index is 12.4. The highest BCUT2D eigenvalue weighted by Crippen LogP contribution is 2.13. The maximum Gasteiger partial charge on any atom is 0.251 e. The third-order valence-corrected chi connectivity index (χ3v) is 4.63. The molecule has 1 amide bonds. The number of benzene rings is 1. The van der Waals surface area contributed by atoms with Crippen molar-refractivity contribution < 1.29 is 9.53 Å². The highest BCUT2D eigenvalue weighted by atomic mass is 16.5. The lowest BCUT2D eigenvalue weighted by Crippen LogP contribution is -2.44. The molecule has 0 spiro atoms. The predicted molar refractivity (Wildman–Crippen MR) is 106 cm³/mol. The van der Waals surface area contributed by atoms with Crippen molar-refractivity contribution in [2.75, 3.05) is 39.3 Å². The Morgan fingerprint density at radius 2 is 2.11 bits per heavy atom. The smallest absolute Gasteiger partial charge is 0.251 e. The highest BCUT2D eigenvalue weighted by molar-refractivity contribution is 5.94. The molecule has 6 heteroatoms. The SMILES string of the molecule is Cc1ccc(OCc2cccc(C(=O)NCCCN3CCNCC3)c2)cn1. The van der Waals surface area contributed by atoms with E-state index >= 15 is 0 Å². The van der Waals surface area contributed by atoms with Crippen molar-refractivity contribution in [3.63, 3.8) is 0 Å². The number of rotatable bonds is 8. The summed E-state index contributed by atoms with van der Waals surface area (Å²) in [5.41, 5.74) is 2.59. The Morgan fingerprint density at radius 1 is 1.26 bits per heavy atom. The fourth-order valence-corrected chi connectivity index (χ4v) is 3.05. The van der Waals surface area contributed by atoms with Gasteiger partial charge in [-0.1, -0.05) is 12.1 Å². The largest absolute Gasteiger partial charge is 0.487 e. The third kappa shape index (κ3) is 6.34. The standard InChI is InChI=1S/C21H28N4O2/c1-17-6-7-20(15-24-17)27-16-18-4-2-5-19(14-18)21(26)23-8-3-11-25-12-9-22-10-13-25/h2,4-7,14-15,22H,3,8-13,16H2,1H3,(H,23,26). The number of amides is 1. The average molecular weight is 368 g/mol. The Morgan fingerprint density at radius 3 is 2.89 bits per heavy atom. The van der Waals surface area contributed by atoms with E-state index in [1.807, 2.05) is 43.3 Å². The van der Waals surface area contributed by atoms with Crippen LogP contribution in [0.5, 0.6) is 5.75 Å². The van der Waals surface area contributed by atoms with E-state index in [4.69, 9.17) is 4.74 Å². The molecule has 2 heterocycles. The summed E-state index contributed by atoms with van der Waals surface area (Å²) in [5, 5.41) is 6.36. The van der Waals surface area contributed by atoms with Crippen LogP contribution >= 0.6 is 0 Å². The second-order valence-corrected chi connectivity index (χ2v) is 6.83. The number of piperazine rings is 1. The Bertz CT molecular complexity index is 727. The van der Waals surface area contributed by atoms with Gasteiger partial charge in [0.05, 0.1) is 6.20 Å². The van der Waals surface area contributed by atoms with E-state index in [1.54, 1.807) is 6.20 Å². The molecule has 2 aromatic rings. The van der Waals surface area contributed by atoms with E-state index in [0.29, 0.717) is 18.7 Å². The molecule has 144 valence electrons. The van der Waals surface area contributed by atoms with Crippen molar-refractivity contribution in [1.82, 2.24) is 20.5 Å². The third-order valence-electron chi connectivity index (χ3n) is 4.63.